The van der Waals surface area contributed by atoms with Gasteiger partial charge in [0.15, 0.2) is 0 Å². The Kier molecular flexibility index (Phi) is 5.77. The first-order chi connectivity index (χ1) is 5.57. The third kappa shape index (κ3) is 5.16. The summed E-state index contributed by atoms with van der Waals surface area (Å²) in [6.45, 7) is 9.90. The highest BCUT2D eigenvalue weighted by Crippen LogP contribution is 2.16. The second kappa shape index (κ2) is 6.04. The molecule has 0 aliphatic heterocycles. The Hall–Kier alpha value is -0.530. The van der Waals surface area contributed by atoms with Crippen LogP contribution in [0.2, 0.25) is 0 Å². The van der Waals surface area contributed by atoms with Crippen LogP contribution in [0, 0.1) is 11.8 Å². The van der Waals surface area contributed by atoms with Crippen LogP contribution in [0.15, 0.2) is 0 Å². The topological polar surface area (TPSA) is 26.3 Å². The zero-order chi connectivity index (χ0) is 9.56. The molecule has 0 saturated carbocycles. The predicted molar refractivity (Wildman–Crippen MR) is 49.5 cm³/mol. The molecule has 0 aliphatic rings. The van der Waals surface area contributed by atoms with Crippen LogP contribution in [-0.4, -0.2) is 12.6 Å². The summed E-state index contributed by atoms with van der Waals surface area (Å²) < 4.78 is 4.73. The van der Waals surface area contributed by atoms with E-state index in [1.807, 2.05) is 6.92 Å². The normalized spacial score (nSPS) is 15.8. The molecule has 71 valence electrons. The molecule has 0 aromatic heterocycles. The first-order valence-corrected chi connectivity index (χ1v) is 4.60. The van der Waals surface area contributed by atoms with Gasteiger partial charge in [-0.1, -0.05) is 27.2 Å². The average Bonchev–Trinajstić information content (AvgIpc) is 2.00. The van der Waals surface area contributed by atoms with Crippen molar-refractivity contribution in [2.24, 2.45) is 11.8 Å². The molecule has 0 N–H and O–H groups in total. The molecule has 0 amide bonds. The van der Waals surface area contributed by atoms with Crippen LogP contribution in [-0.2, 0) is 9.53 Å². The molecule has 0 saturated heterocycles. The van der Waals surface area contributed by atoms with Gasteiger partial charge in [-0.25, -0.2) is 4.79 Å². The van der Waals surface area contributed by atoms with Crippen molar-refractivity contribution in [3.8, 4) is 0 Å². The van der Waals surface area contributed by atoms with E-state index in [-0.39, 0.29) is 6.10 Å². The van der Waals surface area contributed by atoms with Gasteiger partial charge in [0.2, 0.25) is 0 Å². The second-order valence-electron chi connectivity index (χ2n) is 3.85. The van der Waals surface area contributed by atoms with E-state index in [0.717, 1.165) is 12.3 Å². The highest BCUT2D eigenvalue weighted by atomic mass is 16.5. The zero-order valence-corrected chi connectivity index (χ0v) is 8.46. The third-order valence-corrected chi connectivity index (χ3v) is 2.23. The molecule has 0 fully saturated rings. The Labute approximate surface area is 75.3 Å². The SMILES string of the molecule is CC(C)CCC(C)C(C)O[C]=O. The summed E-state index contributed by atoms with van der Waals surface area (Å²) in [5, 5.41) is 0. The van der Waals surface area contributed by atoms with Gasteiger partial charge < -0.3 is 4.74 Å². The summed E-state index contributed by atoms with van der Waals surface area (Å²) in [5.41, 5.74) is 0. The molecule has 12 heavy (non-hydrogen) atoms. The lowest BCUT2D eigenvalue weighted by atomic mass is 9.96. The summed E-state index contributed by atoms with van der Waals surface area (Å²) in [6, 6.07) is 0. The standard InChI is InChI=1S/C10H19O2/c1-8(2)5-6-9(3)10(4)12-7-11/h8-10H,5-6H2,1-4H3. The highest BCUT2D eigenvalue weighted by Gasteiger charge is 2.13. The van der Waals surface area contributed by atoms with E-state index in [4.69, 9.17) is 4.74 Å². The quantitative estimate of drug-likeness (QED) is 0.614. The van der Waals surface area contributed by atoms with Crippen molar-refractivity contribution in [2.45, 2.75) is 46.6 Å². The summed E-state index contributed by atoms with van der Waals surface area (Å²) >= 11 is 0. The largest absolute Gasteiger partial charge is 0.454 e. The van der Waals surface area contributed by atoms with Gasteiger partial charge >= 0.3 is 6.47 Å². The lowest BCUT2D eigenvalue weighted by molar-refractivity contribution is 0.131. The fraction of sp³-hybridized carbons (Fsp3) is 0.900. The van der Waals surface area contributed by atoms with E-state index in [1.54, 1.807) is 0 Å². The first-order valence-electron chi connectivity index (χ1n) is 4.60. The predicted octanol–water partition coefficient (Wildman–Crippen LogP) is 2.53. The third-order valence-electron chi connectivity index (χ3n) is 2.23. The summed E-state index contributed by atoms with van der Waals surface area (Å²) in [5.74, 6) is 1.16. The first kappa shape index (κ1) is 11.5. The van der Waals surface area contributed by atoms with Crippen molar-refractivity contribution in [2.75, 3.05) is 0 Å². The van der Waals surface area contributed by atoms with Crippen LogP contribution in [0.1, 0.15) is 40.5 Å². The van der Waals surface area contributed by atoms with Crippen LogP contribution in [0.3, 0.4) is 0 Å². The van der Waals surface area contributed by atoms with Gasteiger partial charge in [-0.3, -0.25) is 0 Å². The Balaban J connectivity index is 3.55. The number of hydrogen-bond donors (Lipinski definition) is 0. The van der Waals surface area contributed by atoms with E-state index in [2.05, 4.69) is 20.8 Å². The summed E-state index contributed by atoms with van der Waals surface area (Å²) in [7, 11) is 0. The number of carbonyl (C=O) groups excluding carboxylic acids is 1. The fourth-order valence-electron chi connectivity index (χ4n) is 1.02. The van der Waals surface area contributed by atoms with Crippen molar-refractivity contribution < 1.29 is 9.53 Å². The molecular weight excluding hydrogens is 152 g/mol. The smallest absolute Gasteiger partial charge is 0.417 e. The maximum atomic E-state index is 9.91. The van der Waals surface area contributed by atoms with Crippen LogP contribution >= 0.6 is 0 Å². The Morgan fingerprint density at radius 3 is 2.17 bits per heavy atom. The van der Waals surface area contributed by atoms with E-state index < -0.39 is 0 Å². The van der Waals surface area contributed by atoms with Gasteiger partial charge in [-0.05, 0) is 25.2 Å². The molecule has 0 heterocycles. The monoisotopic (exact) mass is 171 g/mol. The molecule has 2 heteroatoms. The van der Waals surface area contributed by atoms with Crippen molar-refractivity contribution in [1.29, 1.82) is 0 Å². The van der Waals surface area contributed by atoms with Gasteiger partial charge in [-0.2, -0.15) is 0 Å². The van der Waals surface area contributed by atoms with Gasteiger partial charge in [0.1, 0.15) is 6.10 Å². The molecule has 2 atom stereocenters. The van der Waals surface area contributed by atoms with E-state index in [9.17, 15) is 4.79 Å². The molecular formula is C10H19O2. The van der Waals surface area contributed by atoms with Crippen molar-refractivity contribution >= 4 is 6.47 Å². The Morgan fingerprint density at radius 2 is 1.75 bits per heavy atom. The molecule has 2 nitrogen and oxygen atoms in total. The molecule has 0 spiro atoms. The molecule has 2 unspecified atom stereocenters. The summed E-state index contributed by atoms with van der Waals surface area (Å²) in [4.78, 5) is 9.91. The average molecular weight is 171 g/mol. The van der Waals surface area contributed by atoms with Crippen molar-refractivity contribution in [3.05, 3.63) is 0 Å². The van der Waals surface area contributed by atoms with Crippen LogP contribution in [0.5, 0.6) is 0 Å². The van der Waals surface area contributed by atoms with Crippen LogP contribution < -0.4 is 0 Å². The molecule has 0 bridgehead atoms. The second-order valence-corrected chi connectivity index (χ2v) is 3.85. The van der Waals surface area contributed by atoms with Gasteiger partial charge in [-0.15, -0.1) is 0 Å². The zero-order valence-electron chi connectivity index (χ0n) is 8.46. The lowest BCUT2D eigenvalue weighted by Crippen LogP contribution is -2.17. The van der Waals surface area contributed by atoms with E-state index in [0.29, 0.717) is 5.92 Å². The van der Waals surface area contributed by atoms with Crippen LogP contribution in [0.25, 0.3) is 0 Å². The number of ether oxygens (including phenoxy) is 1. The molecule has 0 aromatic rings. The number of hydrogen-bond acceptors (Lipinski definition) is 2. The van der Waals surface area contributed by atoms with Gasteiger partial charge in [0, 0.05) is 0 Å². The van der Waals surface area contributed by atoms with E-state index >= 15 is 0 Å². The lowest BCUT2D eigenvalue weighted by Gasteiger charge is -2.18. The van der Waals surface area contributed by atoms with Crippen LogP contribution in [0.4, 0.5) is 0 Å². The minimum atomic E-state index is 0.00116. The molecule has 0 aromatic carbocycles. The van der Waals surface area contributed by atoms with E-state index in [1.165, 1.54) is 12.9 Å². The minimum Gasteiger partial charge on any atom is -0.454 e. The van der Waals surface area contributed by atoms with Crippen molar-refractivity contribution in [3.63, 3.8) is 0 Å². The maximum absolute atomic E-state index is 9.91. The Bertz CT molecular complexity index is 121. The number of rotatable bonds is 6. The van der Waals surface area contributed by atoms with Crippen molar-refractivity contribution in [1.82, 2.24) is 0 Å². The van der Waals surface area contributed by atoms with Gasteiger partial charge in [0.25, 0.3) is 0 Å². The maximum Gasteiger partial charge on any atom is 0.417 e. The molecule has 0 aliphatic carbocycles. The highest BCUT2D eigenvalue weighted by molar-refractivity contribution is 5.38. The molecule has 1 radical (unpaired) electrons. The molecule has 0 rings (SSSR count). The summed E-state index contributed by atoms with van der Waals surface area (Å²) in [6.07, 6.45) is 2.30. The Morgan fingerprint density at radius 1 is 1.17 bits per heavy atom. The minimum absolute atomic E-state index is 0.00116. The van der Waals surface area contributed by atoms with Gasteiger partial charge in [0.05, 0.1) is 0 Å². The fourth-order valence-corrected chi connectivity index (χ4v) is 1.02.